The minimum Gasteiger partial charge on any atom is -0.369 e. The van der Waals surface area contributed by atoms with Gasteiger partial charge in [0.25, 0.3) is 5.91 Å². The summed E-state index contributed by atoms with van der Waals surface area (Å²) in [6.07, 6.45) is 2.38. The van der Waals surface area contributed by atoms with Crippen LogP contribution in [0.3, 0.4) is 0 Å². The summed E-state index contributed by atoms with van der Waals surface area (Å²) in [4.78, 5) is 14.3. The van der Waals surface area contributed by atoms with Crippen molar-refractivity contribution in [2.75, 3.05) is 38.5 Å². The molecule has 0 saturated carbocycles. The van der Waals surface area contributed by atoms with Gasteiger partial charge >= 0.3 is 0 Å². The first kappa shape index (κ1) is 14.7. The summed E-state index contributed by atoms with van der Waals surface area (Å²) in [5.74, 6) is 1.08. The minimum atomic E-state index is -0.145. The number of carbonyl (C=O) groups excluding carboxylic acids is 1. The Balaban J connectivity index is 1.82. The van der Waals surface area contributed by atoms with Crippen LogP contribution in [-0.4, -0.2) is 54.2 Å². The average molecular weight is 277 g/mol. The number of anilines is 1. The van der Waals surface area contributed by atoms with Crippen LogP contribution in [0.1, 0.15) is 30.3 Å². The number of rotatable bonds is 5. The highest BCUT2D eigenvalue weighted by atomic mass is 16.1. The van der Waals surface area contributed by atoms with Crippen molar-refractivity contribution in [3.8, 4) is 0 Å². The van der Waals surface area contributed by atoms with Crippen molar-refractivity contribution in [3.05, 3.63) is 17.8 Å². The van der Waals surface area contributed by atoms with Crippen molar-refractivity contribution in [2.45, 2.75) is 19.8 Å². The van der Waals surface area contributed by atoms with Gasteiger partial charge in [0.15, 0.2) is 5.69 Å². The second-order valence-electron chi connectivity index (χ2n) is 5.31. The molecule has 1 atom stereocenters. The molecule has 2 rings (SSSR count). The zero-order chi connectivity index (χ0) is 14.4. The van der Waals surface area contributed by atoms with Crippen LogP contribution < -0.4 is 10.6 Å². The third-order valence-corrected chi connectivity index (χ3v) is 3.53. The maximum Gasteiger partial charge on any atom is 0.271 e. The fourth-order valence-electron chi connectivity index (χ4n) is 2.50. The van der Waals surface area contributed by atoms with E-state index in [0.717, 1.165) is 19.6 Å². The number of hydrogen-bond donors (Lipinski definition) is 2. The summed E-state index contributed by atoms with van der Waals surface area (Å²) in [6.45, 7) is 5.69. The summed E-state index contributed by atoms with van der Waals surface area (Å²) >= 11 is 0. The molecule has 6 heteroatoms. The maximum atomic E-state index is 12.0. The quantitative estimate of drug-likeness (QED) is 0.839. The van der Waals surface area contributed by atoms with E-state index in [1.165, 1.54) is 12.8 Å². The molecule has 2 N–H and O–H groups in total. The fourth-order valence-corrected chi connectivity index (χ4v) is 2.50. The lowest BCUT2D eigenvalue weighted by molar-refractivity contribution is 0.0931. The van der Waals surface area contributed by atoms with Gasteiger partial charge in [-0.3, -0.25) is 4.79 Å². The molecule has 0 aliphatic carbocycles. The van der Waals surface area contributed by atoms with E-state index in [-0.39, 0.29) is 5.91 Å². The van der Waals surface area contributed by atoms with Crippen molar-refractivity contribution in [1.82, 2.24) is 20.4 Å². The van der Waals surface area contributed by atoms with E-state index in [1.54, 1.807) is 12.1 Å². The van der Waals surface area contributed by atoms with Gasteiger partial charge in [-0.05, 0) is 51.4 Å². The van der Waals surface area contributed by atoms with Gasteiger partial charge in [0.2, 0.25) is 0 Å². The van der Waals surface area contributed by atoms with Crippen LogP contribution in [-0.2, 0) is 0 Å². The Labute approximate surface area is 120 Å². The molecule has 1 aliphatic rings. The Bertz CT molecular complexity index is 434. The Kier molecular flexibility index (Phi) is 5.29. The largest absolute Gasteiger partial charge is 0.369 e. The van der Waals surface area contributed by atoms with E-state index < -0.39 is 0 Å². The molecule has 1 unspecified atom stereocenters. The van der Waals surface area contributed by atoms with Crippen molar-refractivity contribution < 1.29 is 4.79 Å². The minimum absolute atomic E-state index is 0.145. The number of likely N-dealkylation sites (tertiary alicyclic amines) is 1. The van der Waals surface area contributed by atoms with E-state index in [9.17, 15) is 4.79 Å². The molecular formula is C14H23N5O. The molecule has 1 aromatic rings. The molecule has 1 aromatic heterocycles. The maximum absolute atomic E-state index is 12.0. The van der Waals surface area contributed by atoms with Gasteiger partial charge in [-0.25, -0.2) is 0 Å². The Morgan fingerprint density at radius 1 is 1.45 bits per heavy atom. The number of aromatic nitrogens is 2. The molecular weight excluding hydrogens is 254 g/mol. The first-order valence-corrected chi connectivity index (χ1v) is 7.23. The number of carbonyl (C=O) groups is 1. The highest BCUT2D eigenvalue weighted by molar-refractivity contribution is 5.92. The standard InChI is InChI=1S/C14H23N5O/c1-3-15-13-7-6-12(17-18-13)14(20)16-9-11-5-4-8-19(2)10-11/h6-7,11H,3-5,8-10H2,1-2H3,(H,15,18)(H,16,20). The van der Waals surface area contributed by atoms with Gasteiger partial charge in [0, 0.05) is 19.6 Å². The molecule has 1 amide bonds. The SMILES string of the molecule is CCNc1ccc(C(=O)NCC2CCCN(C)C2)nn1. The first-order chi connectivity index (χ1) is 9.69. The van der Waals surface area contributed by atoms with Crippen molar-refractivity contribution in [2.24, 2.45) is 5.92 Å². The predicted octanol–water partition coefficient (Wildman–Crippen LogP) is 0.980. The monoisotopic (exact) mass is 277 g/mol. The number of nitrogens with one attached hydrogen (secondary N) is 2. The highest BCUT2D eigenvalue weighted by Crippen LogP contribution is 2.14. The molecule has 0 spiro atoms. The second kappa shape index (κ2) is 7.19. The third-order valence-electron chi connectivity index (χ3n) is 3.53. The Morgan fingerprint density at radius 2 is 2.30 bits per heavy atom. The first-order valence-electron chi connectivity index (χ1n) is 7.23. The van der Waals surface area contributed by atoms with Crippen molar-refractivity contribution >= 4 is 11.7 Å². The van der Waals surface area contributed by atoms with E-state index >= 15 is 0 Å². The molecule has 2 heterocycles. The van der Waals surface area contributed by atoms with Crippen LogP contribution in [0.15, 0.2) is 12.1 Å². The molecule has 0 radical (unpaired) electrons. The molecule has 0 bridgehead atoms. The molecule has 20 heavy (non-hydrogen) atoms. The lowest BCUT2D eigenvalue weighted by Crippen LogP contribution is -2.39. The van der Waals surface area contributed by atoms with Crippen molar-refractivity contribution in [1.29, 1.82) is 0 Å². The number of amides is 1. The van der Waals surface area contributed by atoms with Crippen LogP contribution >= 0.6 is 0 Å². The summed E-state index contributed by atoms with van der Waals surface area (Å²) in [6, 6.07) is 3.48. The summed E-state index contributed by atoms with van der Waals surface area (Å²) in [7, 11) is 2.12. The van der Waals surface area contributed by atoms with Gasteiger partial charge in [0.05, 0.1) is 0 Å². The van der Waals surface area contributed by atoms with E-state index in [4.69, 9.17) is 0 Å². The Hall–Kier alpha value is -1.69. The van der Waals surface area contributed by atoms with Gasteiger partial charge in [-0.2, -0.15) is 0 Å². The fraction of sp³-hybridized carbons (Fsp3) is 0.643. The second-order valence-corrected chi connectivity index (χ2v) is 5.31. The zero-order valence-corrected chi connectivity index (χ0v) is 12.2. The van der Waals surface area contributed by atoms with Gasteiger partial charge < -0.3 is 15.5 Å². The van der Waals surface area contributed by atoms with Gasteiger partial charge in [0.1, 0.15) is 5.82 Å². The smallest absolute Gasteiger partial charge is 0.271 e. The zero-order valence-electron chi connectivity index (χ0n) is 12.2. The van der Waals surface area contributed by atoms with Crippen molar-refractivity contribution in [3.63, 3.8) is 0 Å². The molecule has 1 fully saturated rings. The predicted molar refractivity (Wildman–Crippen MR) is 78.7 cm³/mol. The normalized spacial score (nSPS) is 19.6. The number of nitrogens with zero attached hydrogens (tertiary/aromatic N) is 3. The molecule has 0 aromatic carbocycles. The van der Waals surface area contributed by atoms with Crippen LogP contribution in [0.2, 0.25) is 0 Å². The number of hydrogen-bond acceptors (Lipinski definition) is 5. The van der Waals surface area contributed by atoms with Gasteiger partial charge in [-0.1, -0.05) is 0 Å². The van der Waals surface area contributed by atoms with Crippen LogP contribution in [0.4, 0.5) is 5.82 Å². The summed E-state index contributed by atoms with van der Waals surface area (Å²) in [5.41, 5.74) is 0.371. The lowest BCUT2D eigenvalue weighted by Gasteiger charge is -2.29. The van der Waals surface area contributed by atoms with E-state index in [0.29, 0.717) is 24.0 Å². The summed E-state index contributed by atoms with van der Waals surface area (Å²) in [5, 5.41) is 13.9. The third kappa shape index (κ3) is 4.16. The highest BCUT2D eigenvalue weighted by Gasteiger charge is 2.18. The number of piperidine rings is 1. The van der Waals surface area contributed by atoms with E-state index in [2.05, 4.69) is 32.8 Å². The van der Waals surface area contributed by atoms with Crippen LogP contribution in [0.25, 0.3) is 0 Å². The molecule has 1 aliphatic heterocycles. The molecule has 1 saturated heterocycles. The average Bonchev–Trinajstić information content (AvgIpc) is 2.46. The Morgan fingerprint density at radius 3 is 2.95 bits per heavy atom. The topological polar surface area (TPSA) is 70.2 Å². The molecule has 110 valence electrons. The van der Waals surface area contributed by atoms with Crippen LogP contribution in [0, 0.1) is 5.92 Å². The van der Waals surface area contributed by atoms with Crippen LogP contribution in [0.5, 0.6) is 0 Å². The molecule has 6 nitrogen and oxygen atoms in total. The van der Waals surface area contributed by atoms with E-state index in [1.807, 2.05) is 6.92 Å². The lowest BCUT2D eigenvalue weighted by atomic mass is 9.98. The van der Waals surface area contributed by atoms with Gasteiger partial charge in [-0.15, -0.1) is 10.2 Å². The summed E-state index contributed by atoms with van der Waals surface area (Å²) < 4.78 is 0.